The molecule has 0 aliphatic heterocycles. The van der Waals surface area contributed by atoms with Crippen molar-refractivity contribution in [3.63, 3.8) is 0 Å². The highest BCUT2D eigenvalue weighted by atomic mass is 79.9. The van der Waals surface area contributed by atoms with E-state index < -0.39 is 0 Å². The smallest absolute Gasteiger partial charge is 0.134 e. The van der Waals surface area contributed by atoms with Gasteiger partial charge < -0.3 is 10.1 Å². The molecule has 78 valence electrons. The summed E-state index contributed by atoms with van der Waals surface area (Å²) in [5.74, 6) is 0.767. The van der Waals surface area contributed by atoms with Gasteiger partial charge in [-0.25, -0.2) is 0 Å². The maximum Gasteiger partial charge on any atom is 0.134 e. The van der Waals surface area contributed by atoms with E-state index in [1.54, 1.807) is 7.11 Å². The number of ether oxygens (including phenoxy) is 1. The van der Waals surface area contributed by atoms with Crippen molar-refractivity contribution in [2.24, 2.45) is 0 Å². The summed E-state index contributed by atoms with van der Waals surface area (Å²) in [4.78, 5) is 0. The van der Waals surface area contributed by atoms with E-state index in [1.165, 1.54) is 0 Å². The van der Waals surface area contributed by atoms with Crippen molar-refractivity contribution in [3.05, 3.63) is 27.2 Å². The molecule has 0 saturated carbocycles. The maximum absolute atomic E-state index is 6.09. The van der Waals surface area contributed by atoms with Gasteiger partial charge in [-0.05, 0) is 47.6 Å². The van der Waals surface area contributed by atoms with Gasteiger partial charge in [0.15, 0.2) is 0 Å². The van der Waals surface area contributed by atoms with E-state index in [0.29, 0.717) is 0 Å². The minimum atomic E-state index is 0.750. The van der Waals surface area contributed by atoms with Crippen LogP contribution < -0.4 is 10.1 Å². The summed E-state index contributed by atoms with van der Waals surface area (Å²) in [7, 11) is 3.55. The van der Waals surface area contributed by atoms with Gasteiger partial charge >= 0.3 is 0 Å². The third-order valence-corrected chi connectivity index (χ3v) is 2.94. The average Bonchev–Trinajstić information content (AvgIpc) is 2.18. The zero-order valence-corrected chi connectivity index (χ0v) is 10.6. The van der Waals surface area contributed by atoms with Crippen LogP contribution in [0.1, 0.15) is 5.56 Å². The molecule has 0 spiro atoms. The number of rotatable bonds is 4. The van der Waals surface area contributed by atoms with Crippen molar-refractivity contribution >= 4 is 27.5 Å². The van der Waals surface area contributed by atoms with Gasteiger partial charge in [-0.15, -0.1) is 0 Å². The van der Waals surface area contributed by atoms with Gasteiger partial charge in [0.1, 0.15) is 5.75 Å². The molecule has 0 unspecified atom stereocenters. The average molecular weight is 279 g/mol. The summed E-state index contributed by atoms with van der Waals surface area (Å²) in [5, 5.41) is 3.84. The van der Waals surface area contributed by atoms with Crippen LogP contribution in [0.3, 0.4) is 0 Å². The van der Waals surface area contributed by atoms with Crippen LogP contribution >= 0.6 is 27.5 Å². The number of benzene rings is 1. The molecule has 1 N–H and O–H groups in total. The van der Waals surface area contributed by atoms with Crippen LogP contribution in [-0.4, -0.2) is 20.7 Å². The van der Waals surface area contributed by atoms with Crippen molar-refractivity contribution < 1.29 is 4.74 Å². The second-order valence-corrected chi connectivity index (χ2v) is 4.19. The standard InChI is InChI=1S/C10H13BrClNO/c1-13-4-3-7-5-8(11)10(14-2)6-9(7)12/h5-6,13H,3-4H2,1-2H3. The minimum absolute atomic E-state index is 0.750. The van der Waals surface area contributed by atoms with Crippen LogP contribution in [0.5, 0.6) is 5.75 Å². The third kappa shape index (κ3) is 2.87. The lowest BCUT2D eigenvalue weighted by Crippen LogP contribution is -2.10. The van der Waals surface area contributed by atoms with Gasteiger partial charge in [0.25, 0.3) is 0 Å². The Morgan fingerprint density at radius 1 is 1.50 bits per heavy atom. The highest BCUT2D eigenvalue weighted by Gasteiger charge is 2.06. The molecule has 1 rings (SSSR count). The second kappa shape index (κ2) is 5.59. The number of halogens is 2. The van der Waals surface area contributed by atoms with Crippen molar-refractivity contribution in [3.8, 4) is 5.75 Å². The summed E-state index contributed by atoms with van der Waals surface area (Å²) >= 11 is 9.52. The molecule has 14 heavy (non-hydrogen) atoms. The maximum atomic E-state index is 6.09. The van der Waals surface area contributed by atoms with Crippen molar-refractivity contribution in [2.45, 2.75) is 6.42 Å². The minimum Gasteiger partial charge on any atom is -0.496 e. The van der Waals surface area contributed by atoms with Crippen molar-refractivity contribution in [1.29, 1.82) is 0 Å². The molecule has 4 heteroatoms. The molecule has 0 saturated heterocycles. The molecule has 0 bridgehead atoms. The summed E-state index contributed by atoms with van der Waals surface area (Å²) < 4.78 is 6.08. The summed E-state index contributed by atoms with van der Waals surface area (Å²) in [6.45, 7) is 0.915. The lowest BCUT2D eigenvalue weighted by Gasteiger charge is -2.08. The van der Waals surface area contributed by atoms with E-state index in [4.69, 9.17) is 16.3 Å². The molecular formula is C10H13BrClNO. The predicted molar refractivity (Wildman–Crippen MR) is 63.3 cm³/mol. The highest BCUT2D eigenvalue weighted by molar-refractivity contribution is 9.10. The number of likely N-dealkylation sites (N-methyl/N-ethyl adjacent to an activating group) is 1. The molecule has 0 fully saturated rings. The monoisotopic (exact) mass is 277 g/mol. The number of hydrogen-bond donors (Lipinski definition) is 1. The molecular weight excluding hydrogens is 265 g/mol. The molecule has 0 amide bonds. The van der Waals surface area contributed by atoms with Crippen LogP contribution in [0.4, 0.5) is 0 Å². The quantitative estimate of drug-likeness (QED) is 0.914. The molecule has 0 aliphatic rings. The van der Waals surface area contributed by atoms with Gasteiger partial charge in [0.2, 0.25) is 0 Å². The Balaban J connectivity index is 2.90. The number of hydrogen-bond acceptors (Lipinski definition) is 2. The second-order valence-electron chi connectivity index (χ2n) is 2.93. The Bertz CT molecular complexity index is 317. The first-order valence-corrected chi connectivity index (χ1v) is 5.52. The SMILES string of the molecule is CNCCc1cc(Br)c(OC)cc1Cl. The van der Waals surface area contributed by atoms with Crippen LogP contribution in [0.2, 0.25) is 5.02 Å². The number of nitrogens with one attached hydrogen (secondary N) is 1. The number of methoxy groups -OCH3 is 1. The van der Waals surface area contributed by atoms with Crippen LogP contribution in [0.15, 0.2) is 16.6 Å². The summed E-state index contributed by atoms with van der Waals surface area (Å²) in [6.07, 6.45) is 0.915. The van der Waals surface area contributed by atoms with Gasteiger partial charge in [-0.3, -0.25) is 0 Å². The van der Waals surface area contributed by atoms with Gasteiger partial charge in [0, 0.05) is 11.1 Å². The largest absolute Gasteiger partial charge is 0.496 e. The van der Waals surface area contributed by atoms with Crippen molar-refractivity contribution in [1.82, 2.24) is 5.32 Å². The molecule has 0 heterocycles. The molecule has 0 aliphatic carbocycles. The third-order valence-electron chi connectivity index (χ3n) is 1.97. The lowest BCUT2D eigenvalue weighted by molar-refractivity contribution is 0.412. The fourth-order valence-corrected chi connectivity index (χ4v) is 1.98. The first-order chi connectivity index (χ1) is 6.69. The Labute approximate surface area is 97.7 Å². The highest BCUT2D eigenvalue weighted by Crippen LogP contribution is 2.31. The van der Waals surface area contributed by atoms with Crippen LogP contribution in [-0.2, 0) is 6.42 Å². The van der Waals surface area contributed by atoms with Crippen LogP contribution in [0, 0.1) is 0 Å². The first-order valence-electron chi connectivity index (χ1n) is 4.35. The molecule has 2 nitrogen and oxygen atoms in total. The zero-order valence-electron chi connectivity index (χ0n) is 8.23. The molecule has 0 radical (unpaired) electrons. The topological polar surface area (TPSA) is 21.3 Å². The van der Waals surface area contributed by atoms with E-state index in [-0.39, 0.29) is 0 Å². The van der Waals surface area contributed by atoms with E-state index in [2.05, 4.69) is 21.2 Å². The molecule has 0 atom stereocenters. The van der Waals surface area contributed by atoms with E-state index >= 15 is 0 Å². The van der Waals surface area contributed by atoms with E-state index in [9.17, 15) is 0 Å². The fraction of sp³-hybridized carbons (Fsp3) is 0.400. The Morgan fingerprint density at radius 2 is 2.21 bits per heavy atom. The fourth-order valence-electron chi connectivity index (χ4n) is 1.18. The van der Waals surface area contributed by atoms with Gasteiger partial charge in [-0.2, -0.15) is 0 Å². The molecule has 0 aromatic heterocycles. The lowest BCUT2D eigenvalue weighted by atomic mass is 10.1. The summed E-state index contributed by atoms with van der Waals surface area (Å²) in [6, 6.07) is 3.83. The van der Waals surface area contributed by atoms with Gasteiger partial charge in [-0.1, -0.05) is 11.6 Å². The predicted octanol–water partition coefficient (Wildman–Crippen LogP) is 2.87. The Hall–Kier alpha value is -0.250. The van der Waals surface area contributed by atoms with E-state index in [1.807, 2.05) is 19.2 Å². The first kappa shape index (κ1) is 11.8. The van der Waals surface area contributed by atoms with Gasteiger partial charge in [0.05, 0.1) is 11.6 Å². The summed E-state index contributed by atoms with van der Waals surface area (Å²) in [5.41, 5.74) is 1.12. The normalized spacial score (nSPS) is 10.3. The Kier molecular flexibility index (Phi) is 4.72. The molecule has 1 aromatic carbocycles. The zero-order chi connectivity index (χ0) is 10.6. The van der Waals surface area contributed by atoms with Crippen molar-refractivity contribution in [2.75, 3.05) is 20.7 Å². The van der Waals surface area contributed by atoms with E-state index in [0.717, 1.165) is 33.8 Å². The Morgan fingerprint density at radius 3 is 2.79 bits per heavy atom. The van der Waals surface area contributed by atoms with Crippen LogP contribution in [0.25, 0.3) is 0 Å². The molecule has 1 aromatic rings.